The van der Waals surface area contributed by atoms with E-state index in [4.69, 9.17) is 0 Å². The van der Waals surface area contributed by atoms with E-state index in [0.717, 1.165) is 35.3 Å². The van der Waals surface area contributed by atoms with Crippen LogP contribution in [0.5, 0.6) is 0 Å². The lowest BCUT2D eigenvalue weighted by atomic mass is 9.95. The fraction of sp³-hybridized carbons (Fsp3) is 0.286. The summed E-state index contributed by atoms with van der Waals surface area (Å²) in [6.07, 6.45) is 3.79. The van der Waals surface area contributed by atoms with Gasteiger partial charge in [-0.25, -0.2) is 0 Å². The maximum absolute atomic E-state index is 9.43. The highest BCUT2D eigenvalue weighted by atomic mass is 16.4. The molecule has 120 valence electrons. The van der Waals surface area contributed by atoms with E-state index in [9.17, 15) is 5.21 Å². The molecule has 2 aromatic carbocycles. The van der Waals surface area contributed by atoms with Crippen molar-refractivity contribution < 1.29 is 5.21 Å². The summed E-state index contributed by atoms with van der Waals surface area (Å²) < 4.78 is 0. The van der Waals surface area contributed by atoms with Gasteiger partial charge in [-0.3, -0.25) is 0 Å². The summed E-state index contributed by atoms with van der Waals surface area (Å²) in [5.41, 5.74) is 5.22. The van der Waals surface area contributed by atoms with Crippen molar-refractivity contribution >= 4 is 17.4 Å². The van der Waals surface area contributed by atoms with Crippen LogP contribution in [0.2, 0.25) is 0 Å². The Hall–Kier alpha value is -2.35. The van der Waals surface area contributed by atoms with E-state index in [2.05, 4.69) is 68.4 Å². The molecule has 0 amide bonds. The van der Waals surface area contributed by atoms with Crippen molar-refractivity contribution in [3.63, 3.8) is 0 Å². The minimum atomic E-state index is 0.524. The molecule has 2 aromatic rings. The van der Waals surface area contributed by atoms with Crippen LogP contribution >= 0.6 is 0 Å². The fourth-order valence-electron chi connectivity index (χ4n) is 2.57. The smallest absolute Gasteiger partial charge is 0.0873 e. The van der Waals surface area contributed by atoms with E-state index in [1.54, 1.807) is 0 Å². The van der Waals surface area contributed by atoms with Crippen molar-refractivity contribution in [3.8, 4) is 0 Å². The van der Waals surface area contributed by atoms with Gasteiger partial charge in [-0.2, -0.15) is 0 Å². The molecule has 2 heteroatoms. The summed E-state index contributed by atoms with van der Waals surface area (Å²) in [4.78, 5) is 0. The number of benzene rings is 2. The van der Waals surface area contributed by atoms with Gasteiger partial charge in [0.15, 0.2) is 0 Å². The molecule has 0 atom stereocenters. The minimum absolute atomic E-state index is 0.524. The van der Waals surface area contributed by atoms with Gasteiger partial charge in [0, 0.05) is 5.57 Å². The van der Waals surface area contributed by atoms with Crippen LogP contribution in [0.1, 0.15) is 56.2 Å². The molecule has 0 heterocycles. The minimum Gasteiger partial charge on any atom is -0.411 e. The third-order valence-corrected chi connectivity index (χ3v) is 3.92. The quantitative estimate of drug-likeness (QED) is 0.303. The molecule has 0 fully saturated rings. The van der Waals surface area contributed by atoms with Gasteiger partial charge in [-0.1, -0.05) is 86.9 Å². The van der Waals surface area contributed by atoms with Crippen LogP contribution in [0.4, 0.5) is 0 Å². The topological polar surface area (TPSA) is 32.6 Å². The molecule has 2 nitrogen and oxygen atoms in total. The molecule has 1 N–H and O–H groups in total. The van der Waals surface area contributed by atoms with Crippen LogP contribution in [-0.2, 0) is 0 Å². The van der Waals surface area contributed by atoms with Crippen LogP contribution < -0.4 is 0 Å². The number of oxime groups is 1. The summed E-state index contributed by atoms with van der Waals surface area (Å²) in [6.45, 7) is 6.47. The number of hydrogen-bond donors (Lipinski definition) is 1. The summed E-state index contributed by atoms with van der Waals surface area (Å²) in [7, 11) is 0. The number of hydrogen-bond acceptors (Lipinski definition) is 2. The van der Waals surface area contributed by atoms with Gasteiger partial charge in [0.05, 0.1) is 5.71 Å². The molecule has 0 unspecified atom stereocenters. The highest BCUT2D eigenvalue weighted by Crippen LogP contribution is 2.23. The monoisotopic (exact) mass is 307 g/mol. The van der Waals surface area contributed by atoms with Crippen molar-refractivity contribution in [1.29, 1.82) is 0 Å². The second kappa shape index (κ2) is 8.33. The Balaban J connectivity index is 2.44. The maximum atomic E-state index is 9.43. The summed E-state index contributed by atoms with van der Waals surface area (Å²) in [5.74, 6) is 0.524. The molecule has 0 aromatic heterocycles. The van der Waals surface area contributed by atoms with Gasteiger partial charge >= 0.3 is 0 Å². The Labute approximate surface area is 139 Å². The molecule has 0 aliphatic heterocycles. The van der Waals surface area contributed by atoms with Crippen molar-refractivity contribution in [2.45, 2.75) is 39.5 Å². The third kappa shape index (κ3) is 4.56. The van der Waals surface area contributed by atoms with Gasteiger partial charge in [0.2, 0.25) is 0 Å². The van der Waals surface area contributed by atoms with Crippen molar-refractivity contribution in [2.24, 2.45) is 5.16 Å². The summed E-state index contributed by atoms with van der Waals surface area (Å²) in [6, 6.07) is 18.7. The van der Waals surface area contributed by atoms with Crippen LogP contribution in [-0.4, -0.2) is 10.9 Å². The second-order valence-electron chi connectivity index (χ2n) is 6.04. The molecule has 23 heavy (non-hydrogen) atoms. The first-order valence-corrected chi connectivity index (χ1v) is 8.24. The van der Waals surface area contributed by atoms with Gasteiger partial charge in [-0.05, 0) is 35.1 Å². The van der Waals surface area contributed by atoms with Crippen molar-refractivity contribution in [3.05, 3.63) is 71.3 Å². The normalized spacial score (nSPS) is 12.7. The van der Waals surface area contributed by atoms with Gasteiger partial charge in [0.25, 0.3) is 0 Å². The van der Waals surface area contributed by atoms with Crippen molar-refractivity contribution in [2.75, 3.05) is 0 Å². The summed E-state index contributed by atoms with van der Waals surface area (Å²) >= 11 is 0. The SMILES string of the molecule is CCCC(=N\O)/C(=C/c1ccc(C(C)C)cc1)c1ccccc1. The van der Waals surface area contributed by atoms with E-state index >= 15 is 0 Å². The van der Waals surface area contributed by atoms with Crippen LogP contribution in [0.15, 0.2) is 59.8 Å². The van der Waals surface area contributed by atoms with Gasteiger partial charge in [0.1, 0.15) is 0 Å². The lowest BCUT2D eigenvalue weighted by Gasteiger charge is -2.11. The second-order valence-corrected chi connectivity index (χ2v) is 6.04. The predicted octanol–water partition coefficient (Wildman–Crippen LogP) is 5.98. The summed E-state index contributed by atoms with van der Waals surface area (Å²) in [5, 5.41) is 13.0. The average Bonchev–Trinajstić information content (AvgIpc) is 2.59. The Morgan fingerprint density at radius 1 is 1.04 bits per heavy atom. The molecule has 0 saturated carbocycles. The Morgan fingerprint density at radius 3 is 2.22 bits per heavy atom. The first-order chi connectivity index (χ1) is 11.2. The Kier molecular flexibility index (Phi) is 6.16. The first-order valence-electron chi connectivity index (χ1n) is 8.24. The van der Waals surface area contributed by atoms with E-state index in [1.165, 1.54) is 5.56 Å². The predicted molar refractivity (Wildman–Crippen MR) is 99.0 cm³/mol. The zero-order chi connectivity index (χ0) is 16.7. The molecule has 0 spiro atoms. The fourth-order valence-corrected chi connectivity index (χ4v) is 2.57. The van der Waals surface area contributed by atoms with E-state index in [1.807, 2.05) is 18.2 Å². The number of rotatable bonds is 6. The standard InChI is InChI=1S/C21H25NO/c1-4-8-21(22-23)20(19-9-6-5-7-10-19)15-17-11-13-18(14-12-17)16(2)3/h5-7,9-16,23H,4,8H2,1-3H3/b20-15+,22-21+. The van der Waals surface area contributed by atoms with E-state index in [0.29, 0.717) is 5.92 Å². The van der Waals surface area contributed by atoms with Crippen LogP contribution in [0.25, 0.3) is 11.6 Å². The van der Waals surface area contributed by atoms with E-state index < -0.39 is 0 Å². The molecular weight excluding hydrogens is 282 g/mol. The molecule has 0 aliphatic rings. The van der Waals surface area contributed by atoms with Crippen molar-refractivity contribution in [1.82, 2.24) is 0 Å². The number of nitrogens with zero attached hydrogens (tertiary/aromatic N) is 1. The zero-order valence-electron chi connectivity index (χ0n) is 14.2. The molecule has 0 bridgehead atoms. The van der Waals surface area contributed by atoms with Gasteiger partial charge < -0.3 is 5.21 Å². The number of allylic oxidation sites excluding steroid dienone is 1. The molecule has 0 saturated heterocycles. The average molecular weight is 307 g/mol. The maximum Gasteiger partial charge on any atom is 0.0873 e. The zero-order valence-corrected chi connectivity index (χ0v) is 14.2. The molecule has 0 radical (unpaired) electrons. The molecule has 0 aliphatic carbocycles. The first kappa shape index (κ1) is 17.0. The largest absolute Gasteiger partial charge is 0.411 e. The molecular formula is C21H25NO. The third-order valence-electron chi connectivity index (χ3n) is 3.92. The van der Waals surface area contributed by atoms with Crippen LogP contribution in [0, 0.1) is 0 Å². The Bertz CT molecular complexity index is 667. The lowest BCUT2D eigenvalue weighted by Crippen LogP contribution is -2.02. The highest BCUT2D eigenvalue weighted by molar-refractivity contribution is 6.27. The van der Waals surface area contributed by atoms with E-state index in [-0.39, 0.29) is 0 Å². The van der Waals surface area contributed by atoms with Gasteiger partial charge in [-0.15, -0.1) is 0 Å². The molecule has 2 rings (SSSR count). The lowest BCUT2D eigenvalue weighted by molar-refractivity contribution is 0.318. The van der Waals surface area contributed by atoms with Crippen LogP contribution in [0.3, 0.4) is 0 Å². The Morgan fingerprint density at radius 2 is 1.70 bits per heavy atom. The highest BCUT2D eigenvalue weighted by Gasteiger charge is 2.10.